The van der Waals surface area contributed by atoms with Gasteiger partial charge in [0.1, 0.15) is 11.5 Å². The maximum absolute atomic E-state index is 14.1. The summed E-state index contributed by atoms with van der Waals surface area (Å²) < 4.78 is 58.2. The quantitative estimate of drug-likeness (QED) is 0.568. The Bertz CT molecular complexity index is 1290. The summed E-state index contributed by atoms with van der Waals surface area (Å²) in [6.07, 6.45) is 3.57. The number of aromatic nitrogens is 3. The van der Waals surface area contributed by atoms with Crippen LogP contribution in [0.15, 0.2) is 46.6 Å². The molecule has 0 saturated carbocycles. The molecule has 3 aromatic rings. The number of nitrogens with zero attached hydrogens (tertiary/aromatic N) is 3. The van der Waals surface area contributed by atoms with Gasteiger partial charge in [-0.2, -0.15) is 0 Å². The second-order valence-corrected chi connectivity index (χ2v) is 8.94. The molecule has 0 radical (unpaired) electrons. The summed E-state index contributed by atoms with van der Waals surface area (Å²) in [5, 5.41) is -0.454. The van der Waals surface area contributed by atoms with E-state index in [0.29, 0.717) is 17.2 Å². The van der Waals surface area contributed by atoms with Gasteiger partial charge in [-0.3, -0.25) is 4.79 Å². The van der Waals surface area contributed by atoms with E-state index < -0.39 is 26.6 Å². The van der Waals surface area contributed by atoms with Crippen LogP contribution in [0.1, 0.15) is 25.5 Å². The van der Waals surface area contributed by atoms with Crippen LogP contribution < -0.4 is 10.3 Å². The minimum Gasteiger partial charge on any atom is -0.450 e. The minimum absolute atomic E-state index is 0.0478. The number of hydrogen-bond acceptors (Lipinski definition) is 6. The maximum Gasteiger partial charge on any atom is 0.253 e. The fourth-order valence-electron chi connectivity index (χ4n) is 2.75. The molecule has 0 bridgehead atoms. The Labute approximate surface area is 171 Å². The van der Waals surface area contributed by atoms with Crippen LogP contribution in [-0.4, -0.2) is 29.2 Å². The predicted molar refractivity (Wildman–Crippen MR) is 106 cm³/mol. The van der Waals surface area contributed by atoms with Crippen molar-refractivity contribution in [1.29, 1.82) is 0 Å². The fraction of sp³-hybridized carbons (Fsp3) is 0.250. The molecule has 0 saturated heterocycles. The van der Waals surface area contributed by atoms with Crippen molar-refractivity contribution >= 4 is 9.84 Å². The van der Waals surface area contributed by atoms with Gasteiger partial charge in [0.15, 0.2) is 17.3 Å². The van der Waals surface area contributed by atoms with Crippen LogP contribution in [-0.2, 0) is 9.84 Å². The van der Waals surface area contributed by atoms with Crippen molar-refractivity contribution < 1.29 is 21.9 Å². The molecule has 0 fully saturated rings. The van der Waals surface area contributed by atoms with Gasteiger partial charge in [0.2, 0.25) is 15.0 Å². The van der Waals surface area contributed by atoms with Crippen LogP contribution in [0.4, 0.5) is 8.78 Å². The van der Waals surface area contributed by atoms with Crippen molar-refractivity contribution in [2.45, 2.75) is 32.0 Å². The number of benzene rings is 1. The molecule has 10 heteroatoms. The fourth-order valence-corrected chi connectivity index (χ4v) is 3.25. The molecular weight excluding hydrogens is 416 g/mol. The highest BCUT2D eigenvalue weighted by Crippen LogP contribution is 2.33. The van der Waals surface area contributed by atoms with Crippen LogP contribution >= 0.6 is 0 Å². The number of aryl methyl sites for hydroxylation is 1. The summed E-state index contributed by atoms with van der Waals surface area (Å²) in [6.45, 7) is 5.25. The molecule has 0 aliphatic heterocycles. The zero-order valence-electron chi connectivity index (χ0n) is 16.7. The van der Waals surface area contributed by atoms with Crippen LogP contribution in [0, 0.1) is 18.6 Å². The normalized spacial score (nSPS) is 11.7. The standard InChI is InChI=1S/C20H19F2N3O4S/c1-11(2)25-10-13(7-12(3)19(25)26)18-17(9-23-20(24-18)30(4,27)28)29-16-6-5-14(21)8-15(16)22/h5-11H,1-4H3. The van der Waals surface area contributed by atoms with E-state index in [9.17, 15) is 22.0 Å². The summed E-state index contributed by atoms with van der Waals surface area (Å²) >= 11 is 0. The summed E-state index contributed by atoms with van der Waals surface area (Å²) in [5.41, 5.74) is 0.620. The zero-order chi connectivity index (χ0) is 22.2. The molecule has 0 unspecified atom stereocenters. The highest BCUT2D eigenvalue weighted by molar-refractivity contribution is 7.90. The lowest BCUT2D eigenvalue weighted by molar-refractivity contribution is 0.434. The third-order valence-electron chi connectivity index (χ3n) is 4.23. The highest BCUT2D eigenvalue weighted by atomic mass is 32.2. The van der Waals surface area contributed by atoms with Crippen molar-refractivity contribution in [1.82, 2.24) is 14.5 Å². The SMILES string of the molecule is Cc1cc(-c2nc(S(C)(=O)=O)ncc2Oc2ccc(F)cc2F)cn(C(C)C)c1=O. The molecule has 0 aliphatic rings. The van der Waals surface area contributed by atoms with Gasteiger partial charge in [0, 0.05) is 35.7 Å². The van der Waals surface area contributed by atoms with Crippen LogP contribution in [0.3, 0.4) is 0 Å². The van der Waals surface area contributed by atoms with Crippen molar-refractivity contribution in [3.8, 4) is 22.8 Å². The Kier molecular flexibility index (Phi) is 5.71. The summed E-state index contributed by atoms with van der Waals surface area (Å²) in [5.74, 6) is -2.07. The number of sulfone groups is 1. The molecule has 3 rings (SSSR count). The first-order valence-corrected chi connectivity index (χ1v) is 10.8. The number of rotatable bonds is 5. The molecule has 0 atom stereocenters. The van der Waals surface area contributed by atoms with E-state index in [1.165, 1.54) is 16.8 Å². The van der Waals surface area contributed by atoms with Crippen LogP contribution in [0.5, 0.6) is 11.5 Å². The van der Waals surface area contributed by atoms with Gasteiger partial charge >= 0.3 is 0 Å². The Morgan fingerprint density at radius 1 is 1.13 bits per heavy atom. The van der Waals surface area contributed by atoms with E-state index in [2.05, 4.69) is 9.97 Å². The lowest BCUT2D eigenvalue weighted by atomic mass is 10.1. The molecule has 158 valence electrons. The Hall–Kier alpha value is -3.14. The van der Waals surface area contributed by atoms with Crippen molar-refractivity contribution in [2.24, 2.45) is 0 Å². The van der Waals surface area contributed by atoms with Gasteiger partial charge in [-0.25, -0.2) is 27.2 Å². The average molecular weight is 435 g/mol. The number of pyridine rings is 1. The summed E-state index contributed by atoms with van der Waals surface area (Å²) in [7, 11) is -3.75. The van der Waals surface area contributed by atoms with E-state index >= 15 is 0 Å². The minimum atomic E-state index is -3.75. The first kappa shape index (κ1) is 21.6. The summed E-state index contributed by atoms with van der Waals surface area (Å²) in [4.78, 5) is 20.3. The van der Waals surface area contributed by atoms with Gasteiger partial charge in [-0.15, -0.1) is 0 Å². The van der Waals surface area contributed by atoms with Gasteiger partial charge in [-0.05, 0) is 39.0 Å². The molecule has 0 amide bonds. The van der Waals surface area contributed by atoms with Crippen molar-refractivity contribution in [2.75, 3.05) is 6.26 Å². The maximum atomic E-state index is 14.1. The second-order valence-electron chi connectivity index (χ2n) is 7.03. The zero-order valence-corrected chi connectivity index (χ0v) is 17.5. The molecular formula is C20H19F2N3O4S. The molecule has 0 spiro atoms. The molecule has 30 heavy (non-hydrogen) atoms. The van der Waals surface area contributed by atoms with Gasteiger partial charge < -0.3 is 9.30 Å². The molecule has 0 N–H and O–H groups in total. The Balaban J connectivity index is 2.24. The monoisotopic (exact) mass is 435 g/mol. The van der Waals surface area contributed by atoms with E-state index in [1.54, 1.807) is 6.92 Å². The summed E-state index contributed by atoms with van der Waals surface area (Å²) in [6, 6.07) is 4.13. The predicted octanol–water partition coefficient (Wildman–Crippen LogP) is 3.67. The smallest absolute Gasteiger partial charge is 0.253 e. The van der Waals surface area contributed by atoms with Gasteiger partial charge in [0.25, 0.3) is 5.56 Å². The topological polar surface area (TPSA) is 91.2 Å². The van der Waals surface area contributed by atoms with E-state index in [1.807, 2.05) is 13.8 Å². The first-order chi connectivity index (χ1) is 14.0. The lowest BCUT2D eigenvalue weighted by Gasteiger charge is -2.16. The van der Waals surface area contributed by atoms with Crippen LogP contribution in [0.25, 0.3) is 11.3 Å². The van der Waals surface area contributed by atoms with E-state index in [4.69, 9.17) is 4.74 Å². The van der Waals surface area contributed by atoms with Gasteiger partial charge in [0.05, 0.1) is 6.20 Å². The molecule has 2 heterocycles. The first-order valence-electron chi connectivity index (χ1n) is 8.90. The van der Waals surface area contributed by atoms with E-state index in [-0.39, 0.29) is 28.8 Å². The third-order valence-corrected chi connectivity index (χ3v) is 5.09. The number of halogens is 2. The van der Waals surface area contributed by atoms with Crippen LogP contribution in [0.2, 0.25) is 0 Å². The Morgan fingerprint density at radius 3 is 2.43 bits per heavy atom. The largest absolute Gasteiger partial charge is 0.450 e. The highest BCUT2D eigenvalue weighted by Gasteiger charge is 2.20. The van der Waals surface area contributed by atoms with E-state index in [0.717, 1.165) is 24.6 Å². The van der Waals surface area contributed by atoms with Crippen molar-refractivity contribution in [3.63, 3.8) is 0 Å². The van der Waals surface area contributed by atoms with Crippen molar-refractivity contribution in [3.05, 3.63) is 64.2 Å². The Morgan fingerprint density at radius 2 is 1.83 bits per heavy atom. The second kappa shape index (κ2) is 7.94. The molecule has 0 aliphatic carbocycles. The average Bonchev–Trinajstić information content (AvgIpc) is 2.65. The van der Waals surface area contributed by atoms with Gasteiger partial charge in [-0.1, -0.05) is 0 Å². The number of hydrogen-bond donors (Lipinski definition) is 0. The molecule has 7 nitrogen and oxygen atoms in total. The molecule has 2 aromatic heterocycles. The third kappa shape index (κ3) is 4.38. The number of ether oxygens (including phenoxy) is 1. The molecule has 1 aromatic carbocycles. The lowest BCUT2D eigenvalue weighted by Crippen LogP contribution is -2.23.